The number of nitrogens with zero attached hydrogens (tertiary/aromatic N) is 1. The molecule has 0 atom stereocenters. The molecule has 6 nitrogen and oxygen atoms in total. The number of thiophene rings is 1. The molecular formula is C17H14N2O4S2. The fourth-order valence-corrected chi connectivity index (χ4v) is 3.56. The van der Waals surface area contributed by atoms with Gasteiger partial charge in [-0.3, -0.25) is 4.79 Å². The molecule has 0 aliphatic carbocycles. The topological polar surface area (TPSA) is 77.5 Å². The van der Waals surface area contributed by atoms with Gasteiger partial charge in [0.1, 0.15) is 10.8 Å². The molecule has 0 aliphatic heterocycles. The number of benzene rings is 1. The Morgan fingerprint density at radius 1 is 1.16 bits per heavy atom. The predicted molar refractivity (Wildman–Crippen MR) is 97.3 cm³/mol. The van der Waals surface area contributed by atoms with Crippen molar-refractivity contribution in [3.05, 3.63) is 52.9 Å². The number of nitrogens with one attached hydrogen (secondary N) is 1. The SMILES string of the molecule is COc1ccc(NC(=O)COC(=O)c2csc(-c3cccs3)n2)cc1. The summed E-state index contributed by atoms with van der Waals surface area (Å²) in [4.78, 5) is 29.1. The van der Waals surface area contributed by atoms with Crippen LogP contribution >= 0.6 is 22.7 Å². The highest BCUT2D eigenvalue weighted by molar-refractivity contribution is 7.20. The Labute approximate surface area is 152 Å². The van der Waals surface area contributed by atoms with Gasteiger partial charge < -0.3 is 14.8 Å². The van der Waals surface area contributed by atoms with Gasteiger partial charge in [0.2, 0.25) is 0 Å². The van der Waals surface area contributed by atoms with Crippen molar-refractivity contribution >= 4 is 40.2 Å². The van der Waals surface area contributed by atoms with Gasteiger partial charge >= 0.3 is 5.97 Å². The van der Waals surface area contributed by atoms with E-state index in [1.54, 1.807) is 48.1 Å². The van der Waals surface area contributed by atoms with E-state index in [1.165, 1.54) is 11.3 Å². The second kappa shape index (κ2) is 7.91. The third-order valence-electron chi connectivity index (χ3n) is 3.15. The second-order valence-electron chi connectivity index (χ2n) is 4.87. The van der Waals surface area contributed by atoms with Gasteiger partial charge in [-0.05, 0) is 35.7 Å². The summed E-state index contributed by atoms with van der Waals surface area (Å²) < 4.78 is 10.1. The third-order valence-corrected chi connectivity index (χ3v) is 5.03. The van der Waals surface area contributed by atoms with Crippen LogP contribution in [0.3, 0.4) is 0 Å². The number of aromatic nitrogens is 1. The number of anilines is 1. The highest BCUT2D eigenvalue weighted by atomic mass is 32.1. The van der Waals surface area contributed by atoms with E-state index in [1.807, 2.05) is 17.5 Å². The minimum Gasteiger partial charge on any atom is -0.497 e. The number of ether oxygens (including phenoxy) is 2. The van der Waals surface area contributed by atoms with Crippen molar-refractivity contribution < 1.29 is 19.1 Å². The fraction of sp³-hybridized carbons (Fsp3) is 0.118. The van der Waals surface area contributed by atoms with Crippen molar-refractivity contribution in [3.63, 3.8) is 0 Å². The summed E-state index contributed by atoms with van der Waals surface area (Å²) in [6.45, 7) is -0.378. The number of carbonyl (C=O) groups excluding carboxylic acids is 2. The molecule has 0 unspecified atom stereocenters. The minimum absolute atomic E-state index is 0.200. The monoisotopic (exact) mass is 374 g/mol. The lowest BCUT2D eigenvalue weighted by Gasteiger charge is -2.06. The molecule has 8 heteroatoms. The molecule has 0 radical (unpaired) electrons. The van der Waals surface area contributed by atoms with Crippen molar-refractivity contribution in [2.45, 2.75) is 0 Å². The Kier molecular flexibility index (Phi) is 5.42. The van der Waals surface area contributed by atoms with Crippen molar-refractivity contribution in [1.29, 1.82) is 0 Å². The Bertz CT molecular complexity index is 857. The minimum atomic E-state index is -0.621. The molecule has 25 heavy (non-hydrogen) atoms. The molecule has 0 bridgehead atoms. The molecule has 1 N–H and O–H groups in total. The first-order valence-corrected chi connectivity index (χ1v) is 9.02. The molecule has 2 heterocycles. The van der Waals surface area contributed by atoms with Crippen LogP contribution in [0.15, 0.2) is 47.2 Å². The Morgan fingerprint density at radius 3 is 2.64 bits per heavy atom. The van der Waals surface area contributed by atoms with Crippen LogP contribution in [0, 0.1) is 0 Å². The van der Waals surface area contributed by atoms with E-state index in [4.69, 9.17) is 9.47 Å². The van der Waals surface area contributed by atoms with Gasteiger partial charge in [0.25, 0.3) is 5.91 Å². The first-order valence-electron chi connectivity index (χ1n) is 7.26. The summed E-state index contributed by atoms with van der Waals surface area (Å²) in [6.07, 6.45) is 0. The molecule has 3 aromatic rings. The van der Waals surface area contributed by atoms with E-state index in [0.29, 0.717) is 11.4 Å². The van der Waals surface area contributed by atoms with Crippen LogP contribution in [-0.4, -0.2) is 30.6 Å². The summed E-state index contributed by atoms with van der Waals surface area (Å²) in [5.74, 6) is -0.356. The van der Waals surface area contributed by atoms with E-state index in [0.717, 1.165) is 9.88 Å². The molecule has 0 spiro atoms. The van der Waals surface area contributed by atoms with Crippen LogP contribution in [0.1, 0.15) is 10.5 Å². The highest BCUT2D eigenvalue weighted by Crippen LogP contribution is 2.27. The zero-order valence-electron chi connectivity index (χ0n) is 13.2. The van der Waals surface area contributed by atoms with Gasteiger partial charge in [-0.15, -0.1) is 22.7 Å². The number of methoxy groups -OCH3 is 1. The number of carbonyl (C=O) groups is 2. The number of rotatable bonds is 6. The van der Waals surface area contributed by atoms with Crippen molar-refractivity contribution in [2.75, 3.05) is 19.0 Å². The maximum absolute atomic E-state index is 12.0. The van der Waals surface area contributed by atoms with Gasteiger partial charge in [0, 0.05) is 11.1 Å². The van der Waals surface area contributed by atoms with Crippen LogP contribution in [0.5, 0.6) is 5.75 Å². The second-order valence-corrected chi connectivity index (χ2v) is 6.67. The first kappa shape index (κ1) is 17.1. The molecule has 128 valence electrons. The molecular weight excluding hydrogens is 360 g/mol. The smallest absolute Gasteiger partial charge is 0.358 e. The molecule has 0 saturated carbocycles. The van der Waals surface area contributed by atoms with Gasteiger partial charge in [-0.2, -0.15) is 0 Å². The average Bonchev–Trinajstić information content (AvgIpc) is 3.31. The molecule has 0 saturated heterocycles. The van der Waals surface area contributed by atoms with Gasteiger partial charge in [0.15, 0.2) is 12.3 Å². The first-order chi connectivity index (χ1) is 12.2. The summed E-state index contributed by atoms with van der Waals surface area (Å²) in [7, 11) is 1.56. The van der Waals surface area contributed by atoms with Gasteiger partial charge in [-0.1, -0.05) is 6.07 Å². The quantitative estimate of drug-likeness (QED) is 0.666. The highest BCUT2D eigenvalue weighted by Gasteiger charge is 2.15. The van der Waals surface area contributed by atoms with Crippen molar-refractivity contribution in [1.82, 2.24) is 4.98 Å². The molecule has 1 aromatic carbocycles. The predicted octanol–water partition coefficient (Wildman–Crippen LogP) is 3.68. The molecule has 2 aromatic heterocycles. The van der Waals surface area contributed by atoms with Crippen LogP contribution in [0.2, 0.25) is 0 Å². The van der Waals surface area contributed by atoms with E-state index in [9.17, 15) is 9.59 Å². The maximum Gasteiger partial charge on any atom is 0.358 e. The summed E-state index contributed by atoms with van der Waals surface area (Å²) in [6, 6.07) is 10.7. The lowest BCUT2D eigenvalue weighted by molar-refractivity contribution is -0.119. The van der Waals surface area contributed by atoms with Gasteiger partial charge in [-0.25, -0.2) is 9.78 Å². The zero-order valence-corrected chi connectivity index (χ0v) is 14.9. The summed E-state index contributed by atoms with van der Waals surface area (Å²) in [5.41, 5.74) is 0.793. The number of esters is 1. The van der Waals surface area contributed by atoms with Crippen molar-refractivity contribution in [2.24, 2.45) is 0 Å². The van der Waals surface area contributed by atoms with E-state index in [2.05, 4.69) is 10.3 Å². The van der Waals surface area contributed by atoms with Crippen LogP contribution in [0.4, 0.5) is 5.69 Å². The standard InChI is InChI=1S/C17H14N2O4S2/c1-22-12-6-4-11(5-7-12)18-15(20)9-23-17(21)13-10-25-16(19-13)14-3-2-8-24-14/h2-8,10H,9H2,1H3,(H,18,20). The molecule has 1 amide bonds. The lowest BCUT2D eigenvalue weighted by atomic mass is 10.3. The third kappa shape index (κ3) is 4.43. The normalized spacial score (nSPS) is 10.3. The van der Waals surface area contributed by atoms with Crippen LogP contribution < -0.4 is 10.1 Å². The Balaban J connectivity index is 1.52. The molecule has 3 rings (SSSR count). The Hall–Kier alpha value is -2.71. The van der Waals surface area contributed by atoms with E-state index < -0.39 is 11.9 Å². The number of amides is 1. The number of hydrogen-bond acceptors (Lipinski definition) is 7. The maximum atomic E-state index is 12.0. The Morgan fingerprint density at radius 2 is 1.96 bits per heavy atom. The van der Waals surface area contributed by atoms with Crippen LogP contribution in [-0.2, 0) is 9.53 Å². The number of thiazole rings is 1. The molecule has 0 fully saturated rings. The number of hydrogen-bond donors (Lipinski definition) is 1. The van der Waals surface area contributed by atoms with Crippen LogP contribution in [0.25, 0.3) is 9.88 Å². The zero-order chi connectivity index (χ0) is 17.6. The fourth-order valence-electron chi connectivity index (χ4n) is 1.96. The summed E-state index contributed by atoms with van der Waals surface area (Å²) in [5, 5.41) is 6.96. The van der Waals surface area contributed by atoms with E-state index >= 15 is 0 Å². The molecule has 0 aliphatic rings. The van der Waals surface area contributed by atoms with Crippen molar-refractivity contribution in [3.8, 4) is 15.6 Å². The summed E-state index contributed by atoms with van der Waals surface area (Å²) >= 11 is 2.91. The van der Waals surface area contributed by atoms with E-state index in [-0.39, 0.29) is 12.3 Å². The lowest BCUT2D eigenvalue weighted by Crippen LogP contribution is -2.21. The average molecular weight is 374 g/mol. The largest absolute Gasteiger partial charge is 0.497 e. The van der Waals surface area contributed by atoms with Gasteiger partial charge in [0.05, 0.1) is 12.0 Å².